The number of nitrogens with one attached hydrogen (secondary N) is 1. The number of carbonyl (C=O) groups excluding carboxylic acids is 1. The fraction of sp³-hybridized carbons (Fsp3) is 0.364. The largest absolute Gasteiger partial charge is 0.357 e. The monoisotopic (exact) mass is 266 g/mol. The highest BCUT2D eigenvalue weighted by Gasteiger charge is 2.36. The van der Waals surface area contributed by atoms with Gasteiger partial charge in [0.25, 0.3) is 0 Å². The van der Waals surface area contributed by atoms with Crippen molar-refractivity contribution >= 4 is 27.5 Å². The Morgan fingerprint density at radius 3 is 3.20 bits per heavy atom. The maximum absolute atomic E-state index is 11.7. The Morgan fingerprint density at radius 1 is 1.47 bits per heavy atom. The summed E-state index contributed by atoms with van der Waals surface area (Å²) in [5.41, 5.74) is 2.49. The van der Waals surface area contributed by atoms with Gasteiger partial charge >= 0.3 is 0 Å². The standard InChI is InChI=1S/C11H11BrN2O/c12-8-1-2-9-7(5-8)6-10-11(15)13-3-4-14(9)10/h1-2,5,10H,3-4,6H2,(H,13,15). The van der Waals surface area contributed by atoms with Crippen LogP contribution in [0.15, 0.2) is 22.7 Å². The lowest BCUT2D eigenvalue weighted by Crippen LogP contribution is -2.53. The van der Waals surface area contributed by atoms with E-state index in [1.54, 1.807) is 0 Å². The molecule has 1 N–H and O–H groups in total. The molecule has 3 rings (SSSR count). The Balaban J connectivity index is 2.04. The van der Waals surface area contributed by atoms with Crippen molar-refractivity contribution < 1.29 is 4.79 Å². The number of carbonyl (C=O) groups is 1. The van der Waals surface area contributed by atoms with E-state index in [9.17, 15) is 4.79 Å². The van der Waals surface area contributed by atoms with E-state index in [1.165, 1.54) is 11.3 Å². The summed E-state index contributed by atoms with van der Waals surface area (Å²) in [5.74, 6) is 0.161. The normalized spacial score (nSPS) is 23.4. The van der Waals surface area contributed by atoms with Gasteiger partial charge in [0.1, 0.15) is 6.04 Å². The molecule has 1 atom stereocenters. The fourth-order valence-corrected chi connectivity index (χ4v) is 2.82. The molecule has 1 aromatic rings. The van der Waals surface area contributed by atoms with Crippen LogP contribution < -0.4 is 10.2 Å². The number of nitrogens with zero attached hydrogens (tertiary/aromatic N) is 1. The predicted molar refractivity (Wildman–Crippen MR) is 62.0 cm³/mol. The lowest BCUT2D eigenvalue weighted by Gasteiger charge is -2.31. The Labute approximate surface area is 96.6 Å². The van der Waals surface area contributed by atoms with Gasteiger partial charge in [-0.1, -0.05) is 15.9 Å². The molecule has 4 heteroatoms. The van der Waals surface area contributed by atoms with Crippen LogP contribution in [-0.2, 0) is 11.2 Å². The molecule has 3 nitrogen and oxygen atoms in total. The van der Waals surface area contributed by atoms with Gasteiger partial charge in [0.2, 0.25) is 5.91 Å². The topological polar surface area (TPSA) is 32.3 Å². The Bertz CT molecular complexity index is 433. The molecule has 1 aromatic carbocycles. The van der Waals surface area contributed by atoms with Crippen molar-refractivity contribution in [3.8, 4) is 0 Å². The zero-order valence-corrected chi connectivity index (χ0v) is 9.75. The quantitative estimate of drug-likeness (QED) is 0.768. The SMILES string of the molecule is O=C1NCCN2c3ccc(Br)cc3CC12. The van der Waals surface area contributed by atoms with Gasteiger partial charge in [-0.15, -0.1) is 0 Å². The van der Waals surface area contributed by atoms with Crippen LogP contribution in [0, 0.1) is 0 Å². The summed E-state index contributed by atoms with van der Waals surface area (Å²) in [4.78, 5) is 13.9. The van der Waals surface area contributed by atoms with Crippen LogP contribution in [0.3, 0.4) is 0 Å². The predicted octanol–water partition coefficient (Wildman–Crippen LogP) is 1.31. The number of halogens is 1. The number of fused-ring (bicyclic) bond motifs is 3. The van der Waals surface area contributed by atoms with E-state index in [0.717, 1.165) is 24.0 Å². The molecule has 1 fully saturated rings. The summed E-state index contributed by atoms with van der Waals surface area (Å²) in [5, 5.41) is 2.91. The fourth-order valence-electron chi connectivity index (χ4n) is 2.41. The molecule has 15 heavy (non-hydrogen) atoms. The van der Waals surface area contributed by atoms with Gasteiger partial charge in [0.15, 0.2) is 0 Å². The van der Waals surface area contributed by atoms with Crippen LogP contribution in [0.1, 0.15) is 5.56 Å². The molecule has 78 valence electrons. The number of amides is 1. The summed E-state index contributed by atoms with van der Waals surface area (Å²) in [6.45, 7) is 1.68. The molecule has 0 aromatic heterocycles. The summed E-state index contributed by atoms with van der Waals surface area (Å²) < 4.78 is 1.08. The molecule has 0 bridgehead atoms. The van der Waals surface area contributed by atoms with Gasteiger partial charge in [0, 0.05) is 29.7 Å². The number of benzene rings is 1. The third-order valence-corrected chi connectivity index (χ3v) is 3.59. The molecule has 0 aliphatic carbocycles. The van der Waals surface area contributed by atoms with Crippen LogP contribution in [-0.4, -0.2) is 25.0 Å². The second-order valence-electron chi connectivity index (χ2n) is 3.98. The van der Waals surface area contributed by atoms with E-state index in [4.69, 9.17) is 0 Å². The van der Waals surface area contributed by atoms with Crippen molar-refractivity contribution in [1.29, 1.82) is 0 Å². The number of rotatable bonds is 0. The third kappa shape index (κ3) is 1.35. The van der Waals surface area contributed by atoms with E-state index in [1.807, 2.05) is 6.07 Å². The van der Waals surface area contributed by atoms with Crippen molar-refractivity contribution in [2.75, 3.05) is 18.0 Å². The first-order chi connectivity index (χ1) is 7.25. The molecule has 1 unspecified atom stereocenters. The minimum absolute atomic E-state index is 0.0167. The van der Waals surface area contributed by atoms with Crippen LogP contribution >= 0.6 is 15.9 Å². The molecule has 0 radical (unpaired) electrons. The Hall–Kier alpha value is -1.03. The zero-order chi connectivity index (χ0) is 10.4. The lowest BCUT2D eigenvalue weighted by atomic mass is 10.1. The molecular weight excluding hydrogens is 256 g/mol. The number of hydrogen-bond acceptors (Lipinski definition) is 2. The third-order valence-electron chi connectivity index (χ3n) is 3.10. The average Bonchev–Trinajstić information content (AvgIpc) is 2.57. The van der Waals surface area contributed by atoms with Crippen LogP contribution in [0.5, 0.6) is 0 Å². The highest BCUT2D eigenvalue weighted by atomic mass is 79.9. The Kier molecular flexibility index (Phi) is 1.99. The maximum atomic E-state index is 11.7. The minimum atomic E-state index is 0.0167. The molecule has 0 spiro atoms. The van der Waals surface area contributed by atoms with Crippen LogP contribution in [0.4, 0.5) is 5.69 Å². The number of piperazine rings is 1. The van der Waals surface area contributed by atoms with E-state index >= 15 is 0 Å². The van der Waals surface area contributed by atoms with Gasteiger partial charge in [-0.2, -0.15) is 0 Å². The Morgan fingerprint density at radius 2 is 2.33 bits per heavy atom. The highest BCUT2D eigenvalue weighted by molar-refractivity contribution is 9.10. The molecular formula is C11H11BrN2O. The summed E-state index contributed by atoms with van der Waals surface area (Å²) in [7, 11) is 0. The van der Waals surface area contributed by atoms with Crippen molar-refractivity contribution in [3.05, 3.63) is 28.2 Å². The molecule has 0 saturated carbocycles. The van der Waals surface area contributed by atoms with Crippen molar-refractivity contribution in [2.45, 2.75) is 12.5 Å². The van der Waals surface area contributed by atoms with Crippen molar-refractivity contribution in [2.24, 2.45) is 0 Å². The second kappa shape index (κ2) is 3.23. The van der Waals surface area contributed by atoms with E-state index in [-0.39, 0.29) is 11.9 Å². The van der Waals surface area contributed by atoms with Gasteiger partial charge in [-0.05, 0) is 23.8 Å². The summed E-state index contributed by atoms with van der Waals surface area (Å²) >= 11 is 3.46. The molecule has 1 saturated heterocycles. The van der Waals surface area contributed by atoms with Crippen LogP contribution in [0.25, 0.3) is 0 Å². The minimum Gasteiger partial charge on any atom is -0.357 e. The van der Waals surface area contributed by atoms with Crippen molar-refractivity contribution in [3.63, 3.8) is 0 Å². The smallest absolute Gasteiger partial charge is 0.243 e. The van der Waals surface area contributed by atoms with Crippen molar-refractivity contribution in [1.82, 2.24) is 5.32 Å². The maximum Gasteiger partial charge on any atom is 0.243 e. The molecule has 2 heterocycles. The van der Waals surface area contributed by atoms with Gasteiger partial charge < -0.3 is 10.2 Å². The van der Waals surface area contributed by atoms with Crippen LogP contribution in [0.2, 0.25) is 0 Å². The van der Waals surface area contributed by atoms with Gasteiger partial charge in [-0.25, -0.2) is 0 Å². The molecule has 2 aliphatic rings. The lowest BCUT2D eigenvalue weighted by molar-refractivity contribution is -0.123. The summed E-state index contributed by atoms with van der Waals surface area (Å²) in [6, 6.07) is 6.26. The first-order valence-corrected chi connectivity index (χ1v) is 5.88. The van der Waals surface area contributed by atoms with E-state index in [0.29, 0.717) is 0 Å². The molecule has 1 amide bonds. The first kappa shape index (κ1) is 9.21. The number of hydrogen-bond donors (Lipinski definition) is 1. The second-order valence-corrected chi connectivity index (χ2v) is 4.89. The molecule has 2 aliphatic heterocycles. The van der Waals surface area contributed by atoms with E-state index < -0.39 is 0 Å². The zero-order valence-electron chi connectivity index (χ0n) is 8.16. The number of anilines is 1. The average molecular weight is 267 g/mol. The van der Waals surface area contributed by atoms with Gasteiger partial charge in [0.05, 0.1) is 0 Å². The summed E-state index contributed by atoms with van der Waals surface area (Å²) in [6.07, 6.45) is 0.834. The highest BCUT2D eigenvalue weighted by Crippen LogP contribution is 2.34. The van der Waals surface area contributed by atoms with Gasteiger partial charge in [-0.3, -0.25) is 4.79 Å². The first-order valence-electron chi connectivity index (χ1n) is 5.08. The van der Waals surface area contributed by atoms with E-state index in [2.05, 4.69) is 38.3 Å².